The topological polar surface area (TPSA) is 50.9 Å². The van der Waals surface area contributed by atoms with Gasteiger partial charge >= 0.3 is 0 Å². The molecule has 0 fully saturated rings. The fraction of sp³-hybridized carbons (Fsp3) is 0.462. The van der Waals surface area contributed by atoms with Gasteiger partial charge in [0.2, 0.25) is 0 Å². The number of rotatable bonds is 8. The van der Waals surface area contributed by atoms with Gasteiger partial charge in [-0.05, 0) is 31.4 Å². The molecule has 0 radical (unpaired) electrons. The Labute approximate surface area is 97.7 Å². The van der Waals surface area contributed by atoms with E-state index in [9.17, 15) is 0 Å². The lowest BCUT2D eigenvalue weighted by molar-refractivity contribution is 0.474. The summed E-state index contributed by atoms with van der Waals surface area (Å²) in [6.07, 6.45) is 9.50. The molecule has 88 valence electrons. The Kier molecular flexibility index (Phi) is 6.45. The highest BCUT2D eigenvalue weighted by molar-refractivity contribution is 5.08. The van der Waals surface area contributed by atoms with Crippen LogP contribution in [0.1, 0.15) is 43.8 Å². The van der Waals surface area contributed by atoms with Gasteiger partial charge in [-0.25, -0.2) is 0 Å². The number of allylic oxidation sites excluding steroid dienone is 1. The van der Waals surface area contributed by atoms with Gasteiger partial charge in [0.05, 0.1) is 11.7 Å². The monoisotopic (exact) mass is 219 g/mol. The minimum absolute atomic E-state index is 0.171. The standard InChI is InChI=1S/C13H21N3/c1-2-3-4-5-6-10-13(16-14)12-9-7-8-11-15-12/h2,7-9,11,13,16H,1,3-6,10,14H2. The molecule has 0 bridgehead atoms. The smallest absolute Gasteiger partial charge is 0.0632 e. The second-order valence-electron chi connectivity index (χ2n) is 3.90. The maximum atomic E-state index is 5.54. The summed E-state index contributed by atoms with van der Waals surface area (Å²) in [4.78, 5) is 4.31. The van der Waals surface area contributed by atoms with Crippen molar-refractivity contribution in [1.29, 1.82) is 0 Å². The maximum absolute atomic E-state index is 5.54. The zero-order valence-electron chi connectivity index (χ0n) is 9.73. The molecule has 1 rings (SSSR count). The Morgan fingerprint density at radius 1 is 1.38 bits per heavy atom. The first kappa shape index (κ1) is 12.9. The van der Waals surface area contributed by atoms with E-state index in [-0.39, 0.29) is 6.04 Å². The van der Waals surface area contributed by atoms with Crippen molar-refractivity contribution in [2.75, 3.05) is 0 Å². The Balaban J connectivity index is 2.30. The van der Waals surface area contributed by atoms with Crippen LogP contribution in [0.25, 0.3) is 0 Å². The van der Waals surface area contributed by atoms with Gasteiger partial charge in [-0.1, -0.05) is 25.0 Å². The number of hydrogen-bond acceptors (Lipinski definition) is 3. The summed E-state index contributed by atoms with van der Waals surface area (Å²) in [5.74, 6) is 5.54. The predicted octanol–water partition coefficient (Wildman–Crippen LogP) is 2.72. The first-order valence-corrected chi connectivity index (χ1v) is 5.86. The number of pyridine rings is 1. The van der Waals surface area contributed by atoms with Crippen molar-refractivity contribution in [1.82, 2.24) is 10.4 Å². The lowest BCUT2D eigenvalue weighted by Gasteiger charge is -2.14. The van der Waals surface area contributed by atoms with Crippen molar-refractivity contribution in [3.63, 3.8) is 0 Å². The molecule has 1 atom stereocenters. The molecule has 0 amide bonds. The van der Waals surface area contributed by atoms with Crippen molar-refractivity contribution in [3.8, 4) is 0 Å². The molecule has 0 saturated heterocycles. The van der Waals surface area contributed by atoms with Crippen molar-refractivity contribution >= 4 is 0 Å². The highest BCUT2D eigenvalue weighted by Gasteiger charge is 2.09. The van der Waals surface area contributed by atoms with E-state index in [0.29, 0.717) is 0 Å². The second-order valence-corrected chi connectivity index (χ2v) is 3.90. The van der Waals surface area contributed by atoms with Gasteiger partial charge in [-0.3, -0.25) is 16.3 Å². The average molecular weight is 219 g/mol. The highest BCUT2D eigenvalue weighted by Crippen LogP contribution is 2.17. The van der Waals surface area contributed by atoms with Crippen LogP contribution < -0.4 is 11.3 Å². The molecule has 0 aliphatic rings. The zero-order chi connectivity index (χ0) is 11.6. The van der Waals surface area contributed by atoms with Gasteiger partial charge in [-0.15, -0.1) is 6.58 Å². The number of nitrogens with one attached hydrogen (secondary N) is 1. The lowest BCUT2D eigenvalue weighted by Crippen LogP contribution is -2.28. The minimum Gasteiger partial charge on any atom is -0.271 e. The molecular weight excluding hydrogens is 198 g/mol. The molecule has 0 aliphatic heterocycles. The summed E-state index contributed by atoms with van der Waals surface area (Å²) < 4.78 is 0. The molecule has 3 nitrogen and oxygen atoms in total. The van der Waals surface area contributed by atoms with E-state index >= 15 is 0 Å². The third kappa shape index (κ3) is 4.55. The molecule has 0 aromatic carbocycles. The second kappa shape index (κ2) is 8.02. The van der Waals surface area contributed by atoms with E-state index < -0.39 is 0 Å². The largest absolute Gasteiger partial charge is 0.271 e. The molecule has 1 aromatic rings. The van der Waals surface area contributed by atoms with Crippen LogP contribution in [0.2, 0.25) is 0 Å². The maximum Gasteiger partial charge on any atom is 0.0632 e. The molecule has 0 saturated carbocycles. The Hall–Kier alpha value is -1.19. The van der Waals surface area contributed by atoms with Crippen LogP contribution in [-0.4, -0.2) is 4.98 Å². The number of hydrogen-bond donors (Lipinski definition) is 2. The van der Waals surface area contributed by atoms with Crippen LogP contribution >= 0.6 is 0 Å². The van der Waals surface area contributed by atoms with Crippen LogP contribution in [-0.2, 0) is 0 Å². The SMILES string of the molecule is C=CCCCCCC(NN)c1ccccn1. The Morgan fingerprint density at radius 3 is 2.88 bits per heavy atom. The van der Waals surface area contributed by atoms with E-state index in [1.54, 1.807) is 6.20 Å². The summed E-state index contributed by atoms with van der Waals surface area (Å²) in [5, 5.41) is 0. The van der Waals surface area contributed by atoms with Gasteiger partial charge < -0.3 is 0 Å². The van der Waals surface area contributed by atoms with E-state index in [0.717, 1.165) is 18.5 Å². The molecule has 1 aromatic heterocycles. The molecule has 0 aliphatic carbocycles. The fourth-order valence-electron chi connectivity index (χ4n) is 1.71. The van der Waals surface area contributed by atoms with Crippen LogP contribution in [0.5, 0.6) is 0 Å². The van der Waals surface area contributed by atoms with Crippen LogP contribution in [0.4, 0.5) is 0 Å². The number of nitrogens with zero attached hydrogens (tertiary/aromatic N) is 1. The van der Waals surface area contributed by atoms with Crippen molar-refractivity contribution in [2.24, 2.45) is 5.84 Å². The summed E-state index contributed by atoms with van der Waals surface area (Å²) in [6.45, 7) is 3.71. The minimum atomic E-state index is 0.171. The van der Waals surface area contributed by atoms with Crippen molar-refractivity contribution < 1.29 is 0 Å². The number of aromatic nitrogens is 1. The summed E-state index contributed by atoms with van der Waals surface area (Å²) >= 11 is 0. The fourth-order valence-corrected chi connectivity index (χ4v) is 1.71. The Bertz CT molecular complexity index is 284. The van der Waals surface area contributed by atoms with Crippen LogP contribution in [0.15, 0.2) is 37.1 Å². The molecule has 3 N–H and O–H groups in total. The lowest BCUT2D eigenvalue weighted by atomic mass is 10.0. The van der Waals surface area contributed by atoms with E-state index in [2.05, 4.69) is 17.0 Å². The molecule has 16 heavy (non-hydrogen) atoms. The Morgan fingerprint density at radius 2 is 2.25 bits per heavy atom. The zero-order valence-corrected chi connectivity index (χ0v) is 9.73. The summed E-state index contributed by atoms with van der Waals surface area (Å²) in [5.41, 5.74) is 3.85. The summed E-state index contributed by atoms with van der Waals surface area (Å²) in [7, 11) is 0. The van der Waals surface area contributed by atoms with Gasteiger partial charge in [0.1, 0.15) is 0 Å². The predicted molar refractivity (Wildman–Crippen MR) is 67.6 cm³/mol. The number of hydrazine groups is 1. The van der Waals surface area contributed by atoms with Gasteiger partial charge in [0.15, 0.2) is 0 Å². The van der Waals surface area contributed by atoms with Crippen LogP contribution in [0, 0.1) is 0 Å². The van der Waals surface area contributed by atoms with E-state index in [4.69, 9.17) is 5.84 Å². The highest BCUT2D eigenvalue weighted by atomic mass is 15.2. The first-order chi connectivity index (χ1) is 7.88. The first-order valence-electron chi connectivity index (χ1n) is 5.86. The van der Waals surface area contributed by atoms with Gasteiger partial charge in [0, 0.05) is 6.20 Å². The summed E-state index contributed by atoms with van der Waals surface area (Å²) in [6, 6.07) is 6.09. The molecule has 3 heteroatoms. The van der Waals surface area contributed by atoms with Gasteiger partial charge in [-0.2, -0.15) is 0 Å². The molecule has 1 heterocycles. The molecule has 0 spiro atoms. The van der Waals surface area contributed by atoms with Crippen LogP contribution in [0.3, 0.4) is 0 Å². The van der Waals surface area contributed by atoms with Crippen molar-refractivity contribution in [2.45, 2.75) is 38.1 Å². The molecule has 1 unspecified atom stereocenters. The van der Waals surface area contributed by atoms with Crippen molar-refractivity contribution in [3.05, 3.63) is 42.7 Å². The number of unbranched alkanes of at least 4 members (excludes halogenated alkanes) is 3. The third-order valence-corrected chi connectivity index (χ3v) is 2.65. The van der Waals surface area contributed by atoms with E-state index in [1.165, 1.54) is 19.3 Å². The molecular formula is C13H21N3. The van der Waals surface area contributed by atoms with E-state index in [1.807, 2.05) is 24.3 Å². The third-order valence-electron chi connectivity index (χ3n) is 2.65. The number of nitrogens with two attached hydrogens (primary N) is 1. The van der Waals surface area contributed by atoms with Gasteiger partial charge in [0.25, 0.3) is 0 Å². The normalized spacial score (nSPS) is 12.3. The quantitative estimate of drug-likeness (QED) is 0.306. The average Bonchev–Trinajstić information content (AvgIpc) is 2.35.